The minimum Gasteiger partial charge on any atom is -0.378 e. The van der Waals surface area contributed by atoms with Gasteiger partial charge in [-0.2, -0.15) is 0 Å². The summed E-state index contributed by atoms with van der Waals surface area (Å²) >= 11 is 0. The first-order chi connectivity index (χ1) is 7.71. The van der Waals surface area contributed by atoms with Crippen molar-refractivity contribution in [2.45, 2.75) is 31.2 Å². The number of urea groups is 1. The number of carbonyl (C=O) groups excluding carboxylic acids is 2. The van der Waals surface area contributed by atoms with Gasteiger partial charge in [-0.05, 0) is 12.3 Å². The molecule has 3 fully saturated rings. The second-order valence-electron chi connectivity index (χ2n) is 5.00. The highest BCUT2D eigenvalue weighted by Crippen LogP contribution is 2.34. The summed E-state index contributed by atoms with van der Waals surface area (Å²) in [5.74, 6) is 0.646. The molecule has 0 bridgehead atoms. The summed E-state index contributed by atoms with van der Waals surface area (Å²) in [7, 11) is 0. The quantitative estimate of drug-likeness (QED) is 0.710. The summed E-state index contributed by atoms with van der Waals surface area (Å²) in [5, 5.41) is 2.79. The molecule has 3 amide bonds. The van der Waals surface area contributed by atoms with Crippen LogP contribution in [0, 0.1) is 5.92 Å². The van der Waals surface area contributed by atoms with Gasteiger partial charge < -0.3 is 10.1 Å². The van der Waals surface area contributed by atoms with Gasteiger partial charge in [-0.15, -0.1) is 0 Å². The lowest BCUT2D eigenvalue weighted by Gasteiger charge is -2.18. The summed E-state index contributed by atoms with van der Waals surface area (Å²) in [6.07, 6.45) is 4.06. The standard InChI is InChI=1S/C11H16N2O3/c14-9-11(4-6-16-7-11)12-10(15)13(9)5-3-8-1-2-8/h8H,1-7H2,(H,12,15). The van der Waals surface area contributed by atoms with Crippen LogP contribution in [0.5, 0.6) is 0 Å². The van der Waals surface area contributed by atoms with E-state index in [0.717, 1.165) is 12.3 Å². The van der Waals surface area contributed by atoms with Crippen LogP contribution in [0.4, 0.5) is 4.79 Å². The Bertz CT molecular complexity index is 332. The number of ether oxygens (including phenoxy) is 1. The van der Waals surface area contributed by atoms with E-state index in [-0.39, 0.29) is 11.9 Å². The van der Waals surface area contributed by atoms with Gasteiger partial charge in [0, 0.05) is 19.6 Å². The van der Waals surface area contributed by atoms with Crippen molar-refractivity contribution in [3.05, 3.63) is 0 Å². The van der Waals surface area contributed by atoms with Gasteiger partial charge in [-0.1, -0.05) is 12.8 Å². The molecule has 2 saturated heterocycles. The number of imide groups is 1. The molecule has 16 heavy (non-hydrogen) atoms. The van der Waals surface area contributed by atoms with Crippen molar-refractivity contribution in [2.24, 2.45) is 5.92 Å². The molecule has 1 unspecified atom stereocenters. The average molecular weight is 224 g/mol. The number of amides is 3. The van der Waals surface area contributed by atoms with E-state index >= 15 is 0 Å². The van der Waals surface area contributed by atoms with Crippen molar-refractivity contribution < 1.29 is 14.3 Å². The zero-order chi connectivity index (χ0) is 11.2. The van der Waals surface area contributed by atoms with Gasteiger partial charge in [0.25, 0.3) is 5.91 Å². The Balaban J connectivity index is 1.69. The van der Waals surface area contributed by atoms with Crippen LogP contribution in [-0.4, -0.2) is 42.1 Å². The smallest absolute Gasteiger partial charge is 0.325 e. The van der Waals surface area contributed by atoms with E-state index in [4.69, 9.17) is 4.74 Å². The Kier molecular flexibility index (Phi) is 2.17. The molecular formula is C11H16N2O3. The first-order valence-electron chi connectivity index (χ1n) is 5.93. The zero-order valence-electron chi connectivity index (χ0n) is 9.20. The van der Waals surface area contributed by atoms with Gasteiger partial charge in [0.15, 0.2) is 0 Å². The molecule has 0 radical (unpaired) electrons. The van der Waals surface area contributed by atoms with Crippen molar-refractivity contribution in [1.29, 1.82) is 0 Å². The van der Waals surface area contributed by atoms with Gasteiger partial charge in [0.2, 0.25) is 0 Å². The monoisotopic (exact) mass is 224 g/mol. The number of hydrogen-bond acceptors (Lipinski definition) is 3. The van der Waals surface area contributed by atoms with Crippen LogP contribution in [0.25, 0.3) is 0 Å². The third-order valence-corrected chi connectivity index (χ3v) is 3.73. The molecule has 2 aliphatic heterocycles. The molecule has 1 spiro atoms. The second-order valence-corrected chi connectivity index (χ2v) is 5.00. The van der Waals surface area contributed by atoms with Gasteiger partial charge in [0.05, 0.1) is 6.61 Å². The SMILES string of the molecule is O=C1NC2(CCOC2)C(=O)N1CCC1CC1. The topological polar surface area (TPSA) is 58.6 Å². The highest BCUT2D eigenvalue weighted by molar-refractivity contribution is 6.07. The van der Waals surface area contributed by atoms with E-state index in [1.165, 1.54) is 17.7 Å². The fraction of sp³-hybridized carbons (Fsp3) is 0.818. The molecule has 5 heteroatoms. The Morgan fingerprint density at radius 3 is 2.88 bits per heavy atom. The molecule has 0 aromatic carbocycles. The van der Waals surface area contributed by atoms with Crippen LogP contribution >= 0.6 is 0 Å². The van der Waals surface area contributed by atoms with Crippen molar-refractivity contribution in [3.63, 3.8) is 0 Å². The molecule has 1 aliphatic carbocycles. The van der Waals surface area contributed by atoms with Gasteiger partial charge >= 0.3 is 6.03 Å². The summed E-state index contributed by atoms with van der Waals surface area (Å²) in [6.45, 7) is 1.46. The van der Waals surface area contributed by atoms with Gasteiger partial charge in [0.1, 0.15) is 5.54 Å². The highest BCUT2D eigenvalue weighted by atomic mass is 16.5. The maximum absolute atomic E-state index is 12.1. The molecule has 0 aromatic heterocycles. The molecule has 1 saturated carbocycles. The Morgan fingerprint density at radius 1 is 1.44 bits per heavy atom. The van der Waals surface area contributed by atoms with E-state index in [2.05, 4.69) is 5.32 Å². The molecule has 3 aliphatic rings. The van der Waals surface area contributed by atoms with E-state index < -0.39 is 5.54 Å². The van der Waals surface area contributed by atoms with E-state index in [0.29, 0.717) is 26.2 Å². The maximum Gasteiger partial charge on any atom is 0.325 e. The Morgan fingerprint density at radius 2 is 2.25 bits per heavy atom. The summed E-state index contributed by atoms with van der Waals surface area (Å²) in [5.41, 5.74) is -0.735. The third-order valence-electron chi connectivity index (χ3n) is 3.73. The van der Waals surface area contributed by atoms with E-state index in [1.54, 1.807) is 0 Å². The predicted molar refractivity (Wildman–Crippen MR) is 55.8 cm³/mol. The van der Waals surface area contributed by atoms with Crippen LogP contribution < -0.4 is 5.32 Å². The number of nitrogens with one attached hydrogen (secondary N) is 1. The van der Waals surface area contributed by atoms with Gasteiger partial charge in [-0.25, -0.2) is 4.79 Å². The first kappa shape index (κ1) is 10.1. The molecule has 3 rings (SSSR count). The van der Waals surface area contributed by atoms with Crippen molar-refractivity contribution in [1.82, 2.24) is 10.2 Å². The molecule has 5 nitrogen and oxygen atoms in total. The highest BCUT2D eigenvalue weighted by Gasteiger charge is 2.53. The first-order valence-corrected chi connectivity index (χ1v) is 5.93. The lowest BCUT2D eigenvalue weighted by Crippen LogP contribution is -2.47. The number of carbonyl (C=O) groups is 2. The molecular weight excluding hydrogens is 208 g/mol. The fourth-order valence-electron chi connectivity index (χ4n) is 2.43. The third kappa shape index (κ3) is 1.50. The molecule has 1 N–H and O–H groups in total. The minimum absolute atomic E-state index is 0.0874. The van der Waals surface area contributed by atoms with Crippen molar-refractivity contribution in [3.8, 4) is 0 Å². The number of hydrogen-bond donors (Lipinski definition) is 1. The van der Waals surface area contributed by atoms with Crippen LogP contribution in [-0.2, 0) is 9.53 Å². The number of nitrogens with zero attached hydrogens (tertiary/aromatic N) is 1. The molecule has 1 atom stereocenters. The van der Waals surface area contributed by atoms with E-state index in [9.17, 15) is 9.59 Å². The predicted octanol–water partition coefficient (Wildman–Crippen LogP) is 0.497. The Labute approximate surface area is 94.1 Å². The summed E-state index contributed by atoms with van der Waals surface area (Å²) < 4.78 is 5.23. The normalized spacial score (nSPS) is 33.9. The largest absolute Gasteiger partial charge is 0.378 e. The lowest BCUT2D eigenvalue weighted by atomic mass is 9.99. The molecule has 0 aromatic rings. The average Bonchev–Trinajstić information content (AvgIpc) is 2.92. The Hall–Kier alpha value is -1.10. The lowest BCUT2D eigenvalue weighted by molar-refractivity contribution is -0.131. The van der Waals surface area contributed by atoms with E-state index in [1.807, 2.05) is 0 Å². The minimum atomic E-state index is -0.735. The molecule has 88 valence electrons. The van der Waals surface area contributed by atoms with Crippen LogP contribution in [0.2, 0.25) is 0 Å². The summed E-state index contributed by atoms with van der Waals surface area (Å²) in [6, 6.07) is -0.240. The van der Waals surface area contributed by atoms with Crippen molar-refractivity contribution in [2.75, 3.05) is 19.8 Å². The maximum atomic E-state index is 12.1. The second kappa shape index (κ2) is 3.45. The fourth-order valence-corrected chi connectivity index (χ4v) is 2.43. The van der Waals surface area contributed by atoms with Crippen LogP contribution in [0.3, 0.4) is 0 Å². The molecule has 2 heterocycles. The van der Waals surface area contributed by atoms with Crippen LogP contribution in [0.1, 0.15) is 25.7 Å². The van der Waals surface area contributed by atoms with Gasteiger partial charge in [-0.3, -0.25) is 9.69 Å². The van der Waals surface area contributed by atoms with Crippen molar-refractivity contribution >= 4 is 11.9 Å². The van der Waals surface area contributed by atoms with Crippen LogP contribution in [0.15, 0.2) is 0 Å². The summed E-state index contributed by atoms with van der Waals surface area (Å²) in [4.78, 5) is 25.2. The zero-order valence-corrected chi connectivity index (χ0v) is 9.20. The number of rotatable bonds is 3.